The van der Waals surface area contributed by atoms with E-state index in [9.17, 15) is 4.79 Å². The van der Waals surface area contributed by atoms with E-state index in [1.807, 2.05) is 23.9 Å². The molecule has 1 saturated heterocycles. The summed E-state index contributed by atoms with van der Waals surface area (Å²) in [7, 11) is 0. The van der Waals surface area contributed by atoms with Crippen LogP contribution in [0.1, 0.15) is 55.6 Å². The van der Waals surface area contributed by atoms with Gasteiger partial charge in [-0.25, -0.2) is 7.91 Å². The third-order valence-corrected chi connectivity index (χ3v) is 8.80. The summed E-state index contributed by atoms with van der Waals surface area (Å²) in [5.41, 5.74) is 6.05. The zero-order chi connectivity index (χ0) is 21.7. The molecule has 0 amide bonds. The highest BCUT2D eigenvalue weighted by atomic mass is 127. The summed E-state index contributed by atoms with van der Waals surface area (Å²) in [6.45, 7) is 8.45. The first-order valence-electron chi connectivity index (χ1n) is 10.3. The van der Waals surface area contributed by atoms with Crippen LogP contribution in [0.5, 0.6) is 0 Å². The molecule has 1 aliphatic carbocycles. The van der Waals surface area contributed by atoms with E-state index >= 15 is 0 Å². The van der Waals surface area contributed by atoms with Crippen molar-refractivity contribution in [3.63, 3.8) is 0 Å². The molecular weight excluding hydrogens is 511 g/mol. The predicted molar refractivity (Wildman–Crippen MR) is 132 cm³/mol. The predicted octanol–water partition coefficient (Wildman–Crippen LogP) is 4.06. The summed E-state index contributed by atoms with van der Waals surface area (Å²) in [6, 6.07) is 8.32. The lowest BCUT2D eigenvalue weighted by Gasteiger charge is -2.29. The average Bonchev–Trinajstić information content (AvgIpc) is 3.11. The highest BCUT2D eigenvalue weighted by Crippen LogP contribution is 2.44. The zero-order valence-electron chi connectivity index (χ0n) is 17.8. The van der Waals surface area contributed by atoms with Crippen molar-refractivity contribution in [2.75, 3.05) is 19.0 Å². The fourth-order valence-corrected chi connectivity index (χ4v) is 6.72. The van der Waals surface area contributed by atoms with Crippen molar-refractivity contribution in [2.24, 2.45) is 5.90 Å². The van der Waals surface area contributed by atoms with E-state index < -0.39 is 5.97 Å². The number of thioether (sulfide) groups is 1. The number of benzene rings is 1. The number of hydrogen-bond acceptors (Lipinski definition) is 7. The van der Waals surface area contributed by atoms with Crippen LogP contribution in [-0.2, 0) is 4.84 Å². The summed E-state index contributed by atoms with van der Waals surface area (Å²) in [5.74, 6) is 5.51. The SMILES string of the molecule is CCNCNC1CC(C)=C(CC2SCC(c3ccc(C(=O)ON)cc3)N2I)C=C1C. The molecule has 1 aliphatic heterocycles. The lowest BCUT2D eigenvalue weighted by atomic mass is 9.88. The van der Waals surface area contributed by atoms with Gasteiger partial charge in [0.05, 0.1) is 17.0 Å². The average molecular weight is 542 g/mol. The third kappa shape index (κ3) is 5.66. The van der Waals surface area contributed by atoms with E-state index in [0.29, 0.717) is 23.0 Å². The van der Waals surface area contributed by atoms with Crippen LogP contribution in [0.25, 0.3) is 0 Å². The molecule has 4 N–H and O–H groups in total. The number of nitrogens with two attached hydrogens (primary N) is 1. The quantitative estimate of drug-likeness (QED) is 0.150. The topological polar surface area (TPSA) is 79.6 Å². The van der Waals surface area contributed by atoms with Gasteiger partial charge < -0.3 is 10.2 Å². The van der Waals surface area contributed by atoms with Crippen LogP contribution in [-0.4, -0.2) is 39.5 Å². The lowest BCUT2D eigenvalue weighted by Crippen LogP contribution is -2.39. The molecule has 3 atom stereocenters. The second kappa shape index (κ2) is 11.1. The van der Waals surface area contributed by atoms with Gasteiger partial charge in [-0.05, 0) is 56.5 Å². The minimum Gasteiger partial charge on any atom is -0.370 e. The van der Waals surface area contributed by atoms with E-state index in [-0.39, 0.29) is 0 Å². The van der Waals surface area contributed by atoms with E-state index in [1.54, 1.807) is 12.1 Å². The molecule has 164 valence electrons. The maximum atomic E-state index is 11.6. The summed E-state index contributed by atoms with van der Waals surface area (Å²) in [6.07, 6.45) is 4.50. The molecule has 1 heterocycles. The number of halogens is 1. The van der Waals surface area contributed by atoms with Crippen molar-refractivity contribution in [1.82, 2.24) is 13.7 Å². The monoisotopic (exact) mass is 542 g/mol. The van der Waals surface area contributed by atoms with Gasteiger partial charge >= 0.3 is 5.97 Å². The Morgan fingerprint density at radius 2 is 2.07 bits per heavy atom. The van der Waals surface area contributed by atoms with E-state index in [1.165, 1.54) is 22.3 Å². The molecule has 3 rings (SSSR count). The van der Waals surface area contributed by atoms with Gasteiger partial charge in [0, 0.05) is 41.3 Å². The largest absolute Gasteiger partial charge is 0.370 e. The van der Waals surface area contributed by atoms with E-state index in [0.717, 1.165) is 31.8 Å². The van der Waals surface area contributed by atoms with Gasteiger partial charge in [0.1, 0.15) is 0 Å². The highest BCUT2D eigenvalue weighted by Gasteiger charge is 2.34. The lowest BCUT2D eigenvalue weighted by molar-refractivity contribution is 0.0503. The minimum absolute atomic E-state index is 0.327. The Hall–Kier alpha value is -0.910. The van der Waals surface area contributed by atoms with Crippen molar-refractivity contribution in [2.45, 2.75) is 51.1 Å². The number of carbonyl (C=O) groups is 1. The molecule has 0 radical (unpaired) electrons. The van der Waals surface area contributed by atoms with Crippen LogP contribution < -0.4 is 16.5 Å². The smallest absolute Gasteiger partial charge is 0.356 e. The normalized spacial score (nSPS) is 24.8. The van der Waals surface area contributed by atoms with Crippen LogP contribution in [0.15, 0.2) is 47.1 Å². The van der Waals surface area contributed by atoms with Gasteiger partial charge in [-0.3, -0.25) is 5.32 Å². The molecule has 6 nitrogen and oxygen atoms in total. The fraction of sp³-hybridized carbons (Fsp3) is 0.500. The highest BCUT2D eigenvalue weighted by molar-refractivity contribution is 14.1. The molecule has 2 aliphatic rings. The zero-order valence-corrected chi connectivity index (χ0v) is 20.8. The molecule has 1 aromatic rings. The summed E-state index contributed by atoms with van der Waals surface area (Å²) in [5, 5.41) is 7.38. The van der Waals surface area contributed by atoms with Crippen molar-refractivity contribution in [3.05, 3.63) is 58.2 Å². The fourth-order valence-electron chi connectivity index (χ4n) is 3.91. The molecule has 1 fully saturated rings. The minimum atomic E-state index is -0.508. The Labute approximate surface area is 197 Å². The standard InChI is InChI=1S/C22H31IN4O2S/c1-4-25-13-26-19-10-14(2)18(9-15(19)3)11-21-27(23)20(12-30-21)16-5-7-17(8-6-16)22(28)29-24/h5-9,19-21,25-26H,4,10-13,24H2,1-3H3. The summed E-state index contributed by atoms with van der Waals surface area (Å²) in [4.78, 5) is 15.9. The van der Waals surface area contributed by atoms with Gasteiger partial charge in [0.2, 0.25) is 0 Å². The van der Waals surface area contributed by atoms with Crippen LogP contribution in [0.3, 0.4) is 0 Å². The molecule has 0 bridgehead atoms. The van der Waals surface area contributed by atoms with E-state index in [2.05, 4.69) is 68.3 Å². The first-order valence-corrected chi connectivity index (χ1v) is 12.3. The number of nitrogens with zero attached hydrogens (tertiary/aromatic N) is 1. The van der Waals surface area contributed by atoms with Crippen LogP contribution in [0.4, 0.5) is 0 Å². The van der Waals surface area contributed by atoms with Crippen molar-refractivity contribution < 1.29 is 9.63 Å². The van der Waals surface area contributed by atoms with E-state index in [4.69, 9.17) is 5.90 Å². The molecule has 1 aromatic carbocycles. The third-order valence-electron chi connectivity index (χ3n) is 5.79. The van der Waals surface area contributed by atoms with Crippen molar-refractivity contribution in [3.8, 4) is 0 Å². The maximum Gasteiger partial charge on any atom is 0.356 e. The first kappa shape index (κ1) is 23.7. The number of nitrogens with one attached hydrogen (secondary N) is 2. The second-order valence-corrected chi connectivity index (χ2v) is 10.1. The van der Waals surface area contributed by atoms with Gasteiger partial charge in [0.25, 0.3) is 0 Å². The maximum absolute atomic E-state index is 11.6. The van der Waals surface area contributed by atoms with Crippen LogP contribution in [0.2, 0.25) is 0 Å². The second-order valence-electron chi connectivity index (χ2n) is 7.81. The van der Waals surface area contributed by atoms with Crippen molar-refractivity contribution in [1.29, 1.82) is 0 Å². The molecule has 30 heavy (non-hydrogen) atoms. The number of rotatable bonds is 8. The van der Waals surface area contributed by atoms with Gasteiger partial charge in [-0.2, -0.15) is 5.90 Å². The Bertz CT molecular complexity index is 812. The Morgan fingerprint density at radius 3 is 2.73 bits per heavy atom. The van der Waals surface area contributed by atoms with Gasteiger partial charge in [-0.15, -0.1) is 11.8 Å². The van der Waals surface area contributed by atoms with Crippen LogP contribution >= 0.6 is 34.6 Å². The number of allylic oxidation sites excluding steroid dienone is 1. The Morgan fingerprint density at radius 1 is 1.33 bits per heavy atom. The Kier molecular flexibility index (Phi) is 8.79. The van der Waals surface area contributed by atoms with Gasteiger partial charge in [-0.1, -0.05) is 36.3 Å². The molecule has 3 unspecified atom stereocenters. The molecular formula is C22H31IN4O2S. The Balaban J connectivity index is 1.62. The summed E-state index contributed by atoms with van der Waals surface area (Å²) < 4.78 is 2.43. The number of carbonyl (C=O) groups excluding carboxylic acids is 1. The van der Waals surface area contributed by atoms with Crippen LogP contribution in [0, 0.1) is 0 Å². The number of hydrogen-bond donors (Lipinski definition) is 3. The van der Waals surface area contributed by atoms with Crippen molar-refractivity contribution >= 4 is 40.6 Å². The molecule has 0 aromatic heterocycles. The molecule has 8 heteroatoms. The summed E-state index contributed by atoms with van der Waals surface area (Å²) >= 11 is 4.46. The molecule has 0 spiro atoms. The first-order chi connectivity index (χ1) is 14.4. The molecule has 0 saturated carbocycles. The van der Waals surface area contributed by atoms with Gasteiger partial charge in [0.15, 0.2) is 0 Å².